The van der Waals surface area contributed by atoms with Crippen LogP contribution in [0.5, 0.6) is 0 Å². The molecule has 0 spiro atoms. The molecule has 0 atom stereocenters. The molecule has 0 bridgehead atoms. The van der Waals surface area contributed by atoms with E-state index in [1.165, 1.54) is 24.8 Å². The number of nitrogens with zero attached hydrogens (tertiary/aromatic N) is 4. The summed E-state index contributed by atoms with van der Waals surface area (Å²) in [6.45, 7) is 0. The van der Waals surface area contributed by atoms with Crippen LogP contribution in [0.1, 0.15) is 0 Å². The molecule has 2 heterocycles. The van der Waals surface area contributed by atoms with Crippen LogP contribution in [0.15, 0.2) is 24.8 Å². The average molecular weight is 260 g/mol. The Labute approximate surface area is 95.6 Å². The van der Waals surface area contributed by atoms with E-state index in [9.17, 15) is 8.42 Å². The molecule has 92 valence electrons. The third-order valence-corrected chi connectivity index (χ3v) is 2.30. The first-order chi connectivity index (χ1) is 7.98. The van der Waals surface area contributed by atoms with Crippen LogP contribution >= 0.6 is 0 Å². The lowest BCUT2D eigenvalue weighted by atomic mass is 11.0. The molecule has 0 unspecified atom stereocenters. The second-order valence-corrected chi connectivity index (χ2v) is 3.89. The second-order valence-electron chi connectivity index (χ2n) is 2.78. The van der Waals surface area contributed by atoms with Gasteiger partial charge in [-0.1, -0.05) is 0 Å². The molecule has 4 N–H and O–H groups in total. The number of hydrogen-bond acceptors (Lipinski definition) is 8. The van der Waals surface area contributed by atoms with Crippen molar-refractivity contribution in [3.05, 3.63) is 24.8 Å². The summed E-state index contributed by atoms with van der Waals surface area (Å²) in [6, 6.07) is 0. The summed E-state index contributed by atoms with van der Waals surface area (Å²) in [7, 11) is -4.39. The molecule has 0 fully saturated rings. The average Bonchev–Trinajstić information content (AvgIpc) is 2.78. The minimum absolute atomic E-state index is 0.143. The zero-order valence-corrected chi connectivity index (χ0v) is 9.11. The normalized spacial score (nSPS) is 11.3. The van der Waals surface area contributed by atoms with E-state index >= 15 is 0 Å². The molecule has 11 heteroatoms. The van der Waals surface area contributed by atoms with Gasteiger partial charge in [-0.15, -0.1) is 17.9 Å². The summed E-state index contributed by atoms with van der Waals surface area (Å²) in [6.07, 6.45) is 4.92. The molecule has 0 aliphatic carbocycles. The van der Waals surface area contributed by atoms with Crippen LogP contribution in [0.3, 0.4) is 0 Å². The third kappa shape index (κ3) is 2.39. The predicted molar refractivity (Wildman–Crippen MR) is 55.4 cm³/mol. The topological polar surface area (TPSA) is 140 Å². The molecule has 0 saturated carbocycles. The van der Waals surface area contributed by atoms with E-state index in [0.717, 1.165) is 9.46 Å². The van der Waals surface area contributed by atoms with Crippen LogP contribution in [-0.4, -0.2) is 27.8 Å². The summed E-state index contributed by atoms with van der Waals surface area (Å²) in [5.41, 5.74) is 10.6. The van der Waals surface area contributed by atoms with Crippen LogP contribution in [0.25, 0.3) is 0 Å². The molecule has 0 saturated heterocycles. The van der Waals surface area contributed by atoms with Gasteiger partial charge in [-0.25, -0.2) is 9.97 Å². The van der Waals surface area contributed by atoms with Crippen LogP contribution in [0.2, 0.25) is 0 Å². The van der Waals surface area contributed by atoms with Gasteiger partial charge < -0.3 is 11.5 Å². The maximum atomic E-state index is 11.4. The van der Waals surface area contributed by atoms with Gasteiger partial charge in [-0.2, -0.15) is 0 Å². The van der Waals surface area contributed by atoms with Crippen molar-refractivity contribution in [1.29, 1.82) is 0 Å². The largest absolute Gasteiger partial charge is 0.540 e. The van der Waals surface area contributed by atoms with Gasteiger partial charge in [0.2, 0.25) is 11.9 Å². The summed E-state index contributed by atoms with van der Waals surface area (Å²) in [5.74, 6) is -0.286. The summed E-state index contributed by atoms with van der Waals surface area (Å²) in [5, 5.41) is 0. The zero-order valence-electron chi connectivity index (χ0n) is 8.29. The molecule has 0 aromatic carbocycles. The Morgan fingerprint density at radius 1 is 1.00 bits per heavy atom. The highest BCUT2D eigenvalue weighted by Gasteiger charge is 2.18. The highest BCUT2D eigenvalue weighted by molar-refractivity contribution is 7.82. The van der Waals surface area contributed by atoms with Gasteiger partial charge in [0, 0.05) is 0 Å². The minimum Gasteiger partial charge on any atom is -0.367 e. The SMILES string of the molecule is Nc1nccn1OS(=O)(=O)On1ccnc1N. The number of aromatic nitrogens is 4. The van der Waals surface area contributed by atoms with Gasteiger partial charge >= 0.3 is 10.4 Å². The van der Waals surface area contributed by atoms with Gasteiger partial charge in [0.1, 0.15) is 0 Å². The van der Waals surface area contributed by atoms with E-state index in [2.05, 4.69) is 18.5 Å². The van der Waals surface area contributed by atoms with Crippen molar-refractivity contribution in [2.24, 2.45) is 0 Å². The smallest absolute Gasteiger partial charge is 0.367 e. The van der Waals surface area contributed by atoms with Gasteiger partial charge in [-0.05, 0) is 0 Å². The monoisotopic (exact) mass is 260 g/mol. The third-order valence-electron chi connectivity index (χ3n) is 1.61. The summed E-state index contributed by atoms with van der Waals surface area (Å²) in [4.78, 5) is 7.13. The fraction of sp³-hybridized carbons (Fsp3) is 0. The number of rotatable bonds is 4. The van der Waals surface area contributed by atoms with Crippen molar-refractivity contribution >= 4 is 22.3 Å². The zero-order chi connectivity index (χ0) is 12.5. The highest BCUT2D eigenvalue weighted by atomic mass is 32.3. The first kappa shape index (κ1) is 11.1. The molecule has 0 amide bonds. The maximum Gasteiger partial charge on any atom is 0.540 e. The van der Waals surface area contributed by atoms with Crippen molar-refractivity contribution in [1.82, 2.24) is 19.4 Å². The predicted octanol–water partition coefficient (Wildman–Crippen LogP) is -1.95. The van der Waals surface area contributed by atoms with Crippen LogP contribution in [-0.2, 0) is 10.4 Å². The molecular formula is C6H8N6O4S. The Morgan fingerprint density at radius 2 is 1.41 bits per heavy atom. The fourth-order valence-corrected chi connectivity index (χ4v) is 1.62. The van der Waals surface area contributed by atoms with E-state index in [1.807, 2.05) is 0 Å². The standard InChI is InChI=1S/C6H8N6O4S/c7-5-9-1-3-11(5)15-17(13,14)16-12-4-2-10-6(12)8/h1-4H,(H2,7,9)(H2,8,10). The number of nitrogens with two attached hydrogens (primary N) is 2. The van der Waals surface area contributed by atoms with E-state index in [0.29, 0.717) is 0 Å². The number of nitrogen functional groups attached to an aromatic ring is 2. The minimum atomic E-state index is -4.39. The van der Waals surface area contributed by atoms with Crippen molar-refractivity contribution in [2.45, 2.75) is 0 Å². The van der Waals surface area contributed by atoms with E-state index < -0.39 is 10.4 Å². The molecule has 0 aliphatic rings. The Balaban J connectivity index is 2.16. The molecule has 2 aromatic heterocycles. The Hall–Kier alpha value is -2.43. The van der Waals surface area contributed by atoms with Crippen LogP contribution in [0.4, 0.5) is 11.9 Å². The molecule has 17 heavy (non-hydrogen) atoms. The van der Waals surface area contributed by atoms with Crippen LogP contribution in [0, 0.1) is 0 Å². The molecular weight excluding hydrogens is 252 g/mol. The van der Waals surface area contributed by atoms with E-state index in [-0.39, 0.29) is 11.9 Å². The molecule has 0 aliphatic heterocycles. The van der Waals surface area contributed by atoms with Crippen LogP contribution < -0.4 is 20.0 Å². The van der Waals surface area contributed by atoms with Crippen molar-refractivity contribution in [3.63, 3.8) is 0 Å². The number of anilines is 2. The summed E-state index contributed by atoms with van der Waals surface area (Å²) < 4.78 is 33.2. The van der Waals surface area contributed by atoms with Crippen molar-refractivity contribution < 1.29 is 17.0 Å². The molecule has 2 aromatic rings. The van der Waals surface area contributed by atoms with Gasteiger partial charge in [0.05, 0.1) is 24.8 Å². The lowest BCUT2D eigenvalue weighted by molar-refractivity contribution is 0.189. The quantitative estimate of drug-likeness (QED) is 0.646. The lowest BCUT2D eigenvalue weighted by Crippen LogP contribution is -2.30. The highest BCUT2D eigenvalue weighted by Crippen LogP contribution is 2.01. The maximum absolute atomic E-state index is 11.4. The Morgan fingerprint density at radius 3 is 1.71 bits per heavy atom. The second kappa shape index (κ2) is 3.86. The molecule has 10 nitrogen and oxygen atoms in total. The Kier molecular flexibility index (Phi) is 2.51. The molecule has 0 radical (unpaired) electrons. The number of hydrogen-bond donors (Lipinski definition) is 2. The van der Waals surface area contributed by atoms with Gasteiger partial charge in [0.25, 0.3) is 0 Å². The fourth-order valence-electron chi connectivity index (χ4n) is 0.943. The lowest BCUT2D eigenvalue weighted by Gasteiger charge is -2.08. The number of imidazole rings is 2. The summed E-state index contributed by atoms with van der Waals surface area (Å²) >= 11 is 0. The van der Waals surface area contributed by atoms with Crippen molar-refractivity contribution in [2.75, 3.05) is 11.5 Å². The molecule has 2 rings (SSSR count). The first-order valence-electron chi connectivity index (χ1n) is 4.20. The van der Waals surface area contributed by atoms with Gasteiger partial charge in [-0.3, -0.25) is 8.57 Å². The van der Waals surface area contributed by atoms with Crippen molar-refractivity contribution in [3.8, 4) is 0 Å². The Bertz CT molecular complexity index is 568. The van der Waals surface area contributed by atoms with Gasteiger partial charge in [0.15, 0.2) is 0 Å². The van der Waals surface area contributed by atoms with E-state index in [4.69, 9.17) is 11.5 Å². The van der Waals surface area contributed by atoms with E-state index in [1.54, 1.807) is 0 Å². The first-order valence-corrected chi connectivity index (χ1v) is 5.54.